The van der Waals surface area contributed by atoms with Crippen LogP contribution in [0.15, 0.2) is 18.2 Å². The van der Waals surface area contributed by atoms with Crippen LogP contribution in [0, 0.1) is 5.41 Å². The third-order valence-electron chi connectivity index (χ3n) is 3.40. The van der Waals surface area contributed by atoms with Gasteiger partial charge in [-0.1, -0.05) is 52.3 Å². The largest absolute Gasteiger partial charge is 0.171 e. The molecule has 0 saturated carbocycles. The normalized spacial score (nSPS) is 13.7. The molecular weight excluding hydrogens is 236 g/mol. The standard InChI is InChI=1S/C17H28S/c1-6-8-16-14(11-12-17(3,4)5)9-7-10-15(16)13(2)18/h7,9-10,13,18H,6,8,11-12H2,1-5H3. The summed E-state index contributed by atoms with van der Waals surface area (Å²) < 4.78 is 0. The molecule has 1 aromatic rings. The molecule has 0 nitrogen and oxygen atoms in total. The Kier molecular flexibility index (Phi) is 5.78. The maximum Gasteiger partial charge on any atom is 0.0241 e. The highest BCUT2D eigenvalue weighted by Crippen LogP contribution is 2.29. The molecule has 0 aliphatic heterocycles. The van der Waals surface area contributed by atoms with Gasteiger partial charge in [-0.05, 0) is 48.3 Å². The predicted octanol–water partition coefficient (Wildman–Crippen LogP) is 5.61. The van der Waals surface area contributed by atoms with Crippen LogP contribution in [-0.4, -0.2) is 0 Å². The SMILES string of the molecule is CCCc1c(CCC(C)(C)C)cccc1C(C)S. The van der Waals surface area contributed by atoms with Crippen LogP contribution in [-0.2, 0) is 12.8 Å². The van der Waals surface area contributed by atoms with Gasteiger partial charge in [0, 0.05) is 5.25 Å². The molecule has 0 spiro atoms. The maximum atomic E-state index is 4.62. The third kappa shape index (κ3) is 4.68. The number of thiol groups is 1. The fourth-order valence-corrected chi connectivity index (χ4v) is 2.59. The topological polar surface area (TPSA) is 0 Å². The van der Waals surface area contributed by atoms with Crippen molar-refractivity contribution in [2.45, 2.75) is 65.6 Å². The molecule has 0 heterocycles. The summed E-state index contributed by atoms with van der Waals surface area (Å²) in [5.41, 5.74) is 4.91. The second-order valence-corrected chi connectivity index (χ2v) is 7.25. The number of hydrogen-bond donors (Lipinski definition) is 1. The smallest absolute Gasteiger partial charge is 0.0241 e. The van der Waals surface area contributed by atoms with Gasteiger partial charge in [-0.2, -0.15) is 12.6 Å². The molecule has 102 valence electrons. The quantitative estimate of drug-likeness (QED) is 0.657. The van der Waals surface area contributed by atoms with E-state index in [4.69, 9.17) is 0 Å². The van der Waals surface area contributed by atoms with Crippen molar-refractivity contribution < 1.29 is 0 Å². The van der Waals surface area contributed by atoms with E-state index >= 15 is 0 Å². The zero-order chi connectivity index (χ0) is 13.8. The Morgan fingerprint density at radius 1 is 1.17 bits per heavy atom. The van der Waals surface area contributed by atoms with Gasteiger partial charge in [0.1, 0.15) is 0 Å². The zero-order valence-corrected chi connectivity index (χ0v) is 13.5. The van der Waals surface area contributed by atoms with E-state index in [9.17, 15) is 0 Å². The van der Waals surface area contributed by atoms with Crippen LogP contribution in [0.2, 0.25) is 0 Å². The molecule has 1 heteroatoms. The number of aryl methyl sites for hydroxylation is 1. The van der Waals surface area contributed by atoms with E-state index in [0.29, 0.717) is 10.7 Å². The average molecular weight is 264 g/mol. The van der Waals surface area contributed by atoms with E-state index in [2.05, 4.69) is 65.4 Å². The molecule has 0 fully saturated rings. The molecule has 0 N–H and O–H groups in total. The fraction of sp³-hybridized carbons (Fsp3) is 0.647. The van der Waals surface area contributed by atoms with Crippen LogP contribution >= 0.6 is 12.6 Å². The maximum absolute atomic E-state index is 4.62. The lowest BCUT2D eigenvalue weighted by atomic mass is 9.85. The lowest BCUT2D eigenvalue weighted by Gasteiger charge is -2.21. The van der Waals surface area contributed by atoms with E-state index in [1.807, 2.05) is 0 Å². The molecule has 0 radical (unpaired) electrons. The van der Waals surface area contributed by atoms with Crippen molar-refractivity contribution in [3.8, 4) is 0 Å². The van der Waals surface area contributed by atoms with Crippen LogP contribution in [0.25, 0.3) is 0 Å². The van der Waals surface area contributed by atoms with Crippen LogP contribution in [0.5, 0.6) is 0 Å². The molecule has 18 heavy (non-hydrogen) atoms. The summed E-state index contributed by atoms with van der Waals surface area (Å²) in [4.78, 5) is 0. The second kappa shape index (κ2) is 6.65. The Labute approximate surface area is 119 Å². The summed E-state index contributed by atoms with van der Waals surface area (Å²) in [5.74, 6) is 0. The van der Waals surface area contributed by atoms with Crippen molar-refractivity contribution in [2.24, 2.45) is 5.41 Å². The lowest BCUT2D eigenvalue weighted by Crippen LogP contribution is -2.08. The van der Waals surface area contributed by atoms with Gasteiger partial charge in [0.25, 0.3) is 0 Å². The van der Waals surface area contributed by atoms with Gasteiger partial charge in [0.2, 0.25) is 0 Å². The number of hydrogen-bond acceptors (Lipinski definition) is 1. The van der Waals surface area contributed by atoms with E-state index in [-0.39, 0.29) is 0 Å². The zero-order valence-electron chi connectivity index (χ0n) is 12.6. The summed E-state index contributed by atoms with van der Waals surface area (Å²) in [7, 11) is 0. The van der Waals surface area contributed by atoms with Gasteiger partial charge in [0.05, 0.1) is 0 Å². The first-order valence-corrected chi connectivity index (χ1v) is 7.65. The van der Waals surface area contributed by atoms with Gasteiger partial charge in [-0.15, -0.1) is 0 Å². The molecule has 0 aliphatic rings. The van der Waals surface area contributed by atoms with Gasteiger partial charge in [-0.3, -0.25) is 0 Å². The Balaban J connectivity index is 2.99. The molecule has 1 atom stereocenters. The predicted molar refractivity (Wildman–Crippen MR) is 85.6 cm³/mol. The molecule has 0 saturated heterocycles. The highest BCUT2D eigenvalue weighted by molar-refractivity contribution is 7.80. The second-order valence-electron chi connectivity index (χ2n) is 6.47. The van der Waals surface area contributed by atoms with Crippen molar-refractivity contribution in [3.05, 3.63) is 34.9 Å². The van der Waals surface area contributed by atoms with Crippen molar-refractivity contribution in [1.82, 2.24) is 0 Å². The van der Waals surface area contributed by atoms with Crippen molar-refractivity contribution >= 4 is 12.6 Å². The molecule has 1 unspecified atom stereocenters. The Morgan fingerprint density at radius 3 is 2.33 bits per heavy atom. The molecule has 0 aromatic heterocycles. The fourth-order valence-electron chi connectivity index (χ4n) is 2.34. The first-order valence-electron chi connectivity index (χ1n) is 7.14. The molecule has 0 aliphatic carbocycles. The Bertz CT molecular complexity index is 372. The molecule has 0 amide bonds. The van der Waals surface area contributed by atoms with Gasteiger partial charge in [0.15, 0.2) is 0 Å². The highest BCUT2D eigenvalue weighted by atomic mass is 32.1. The Morgan fingerprint density at radius 2 is 1.83 bits per heavy atom. The van der Waals surface area contributed by atoms with Gasteiger partial charge >= 0.3 is 0 Å². The average Bonchev–Trinajstić information content (AvgIpc) is 2.26. The minimum absolute atomic E-state index is 0.334. The van der Waals surface area contributed by atoms with E-state index in [1.165, 1.54) is 36.8 Å². The number of benzene rings is 1. The monoisotopic (exact) mass is 264 g/mol. The van der Waals surface area contributed by atoms with E-state index in [0.717, 1.165) is 0 Å². The minimum atomic E-state index is 0.334. The van der Waals surface area contributed by atoms with Crippen LogP contribution < -0.4 is 0 Å². The summed E-state index contributed by atoms with van der Waals surface area (Å²) in [6.45, 7) is 11.4. The summed E-state index contributed by atoms with van der Waals surface area (Å²) in [6.07, 6.45) is 4.82. The lowest BCUT2D eigenvalue weighted by molar-refractivity contribution is 0.377. The number of rotatable bonds is 5. The molecular formula is C17H28S. The first kappa shape index (κ1) is 15.6. The third-order valence-corrected chi connectivity index (χ3v) is 3.68. The van der Waals surface area contributed by atoms with Gasteiger partial charge < -0.3 is 0 Å². The van der Waals surface area contributed by atoms with Crippen LogP contribution in [0.1, 0.15) is 69.4 Å². The van der Waals surface area contributed by atoms with Crippen LogP contribution in [0.4, 0.5) is 0 Å². The van der Waals surface area contributed by atoms with Crippen LogP contribution in [0.3, 0.4) is 0 Å². The summed E-state index contributed by atoms with van der Waals surface area (Å²) in [5, 5.41) is 0.334. The van der Waals surface area contributed by atoms with Crippen molar-refractivity contribution in [1.29, 1.82) is 0 Å². The first-order chi connectivity index (χ1) is 8.35. The van der Waals surface area contributed by atoms with Crippen molar-refractivity contribution in [2.75, 3.05) is 0 Å². The highest BCUT2D eigenvalue weighted by Gasteiger charge is 2.14. The van der Waals surface area contributed by atoms with E-state index in [1.54, 1.807) is 5.56 Å². The van der Waals surface area contributed by atoms with Gasteiger partial charge in [-0.25, -0.2) is 0 Å². The summed E-state index contributed by atoms with van der Waals surface area (Å²) in [6, 6.07) is 6.73. The Hall–Kier alpha value is -0.430. The van der Waals surface area contributed by atoms with E-state index < -0.39 is 0 Å². The molecule has 0 bridgehead atoms. The minimum Gasteiger partial charge on any atom is -0.171 e. The van der Waals surface area contributed by atoms with Crippen molar-refractivity contribution in [3.63, 3.8) is 0 Å². The molecule has 1 aromatic carbocycles. The molecule has 1 rings (SSSR count). The summed E-state index contributed by atoms with van der Waals surface area (Å²) >= 11 is 4.62.